The van der Waals surface area contributed by atoms with E-state index in [1.807, 2.05) is 31.2 Å². The predicted molar refractivity (Wildman–Crippen MR) is 72.4 cm³/mol. The SMILES string of the molecule is CC1CCCN1S(=O)(=O)Cc1ccccc1CN. The lowest BCUT2D eigenvalue weighted by molar-refractivity contribution is 0.407. The molecule has 1 heterocycles. The van der Waals surface area contributed by atoms with Gasteiger partial charge in [0, 0.05) is 19.1 Å². The lowest BCUT2D eigenvalue weighted by Gasteiger charge is -2.21. The molecule has 18 heavy (non-hydrogen) atoms. The van der Waals surface area contributed by atoms with Crippen LogP contribution in [0.15, 0.2) is 24.3 Å². The second kappa shape index (κ2) is 5.38. The third kappa shape index (κ3) is 2.74. The van der Waals surface area contributed by atoms with Gasteiger partial charge in [-0.3, -0.25) is 0 Å². The molecule has 0 bridgehead atoms. The Labute approximate surface area is 109 Å². The minimum absolute atomic E-state index is 0.0602. The van der Waals surface area contributed by atoms with Gasteiger partial charge in [0.25, 0.3) is 0 Å². The molecule has 1 saturated heterocycles. The molecule has 2 rings (SSSR count). The van der Waals surface area contributed by atoms with Crippen LogP contribution in [0.1, 0.15) is 30.9 Å². The largest absolute Gasteiger partial charge is 0.326 e. The third-order valence-electron chi connectivity index (χ3n) is 3.53. The lowest BCUT2D eigenvalue weighted by atomic mass is 10.1. The zero-order chi connectivity index (χ0) is 13.2. The second-order valence-electron chi connectivity index (χ2n) is 4.83. The normalized spacial score (nSPS) is 21.3. The molecule has 0 amide bonds. The minimum Gasteiger partial charge on any atom is -0.326 e. The zero-order valence-electron chi connectivity index (χ0n) is 10.7. The van der Waals surface area contributed by atoms with Gasteiger partial charge in [0.1, 0.15) is 0 Å². The van der Waals surface area contributed by atoms with Gasteiger partial charge in [-0.2, -0.15) is 4.31 Å². The zero-order valence-corrected chi connectivity index (χ0v) is 11.5. The number of sulfonamides is 1. The van der Waals surface area contributed by atoms with Gasteiger partial charge < -0.3 is 5.73 Å². The summed E-state index contributed by atoms with van der Waals surface area (Å²) in [5, 5.41) is 0. The summed E-state index contributed by atoms with van der Waals surface area (Å²) in [5.41, 5.74) is 7.37. The minimum atomic E-state index is -3.22. The van der Waals surface area contributed by atoms with E-state index < -0.39 is 10.0 Å². The van der Waals surface area contributed by atoms with E-state index in [4.69, 9.17) is 5.73 Å². The first kappa shape index (κ1) is 13.5. The average molecular weight is 268 g/mol. The molecule has 1 aliphatic heterocycles. The Morgan fingerprint density at radius 3 is 2.56 bits per heavy atom. The van der Waals surface area contributed by atoms with Crippen LogP contribution >= 0.6 is 0 Å². The van der Waals surface area contributed by atoms with E-state index >= 15 is 0 Å². The Bertz CT molecular complexity index is 513. The van der Waals surface area contributed by atoms with Crippen LogP contribution in [0.25, 0.3) is 0 Å². The highest BCUT2D eigenvalue weighted by atomic mass is 32.2. The highest BCUT2D eigenvalue weighted by Gasteiger charge is 2.31. The number of nitrogens with zero attached hydrogens (tertiary/aromatic N) is 1. The van der Waals surface area contributed by atoms with E-state index in [-0.39, 0.29) is 11.8 Å². The fraction of sp³-hybridized carbons (Fsp3) is 0.538. The van der Waals surface area contributed by atoms with E-state index in [9.17, 15) is 8.42 Å². The molecule has 1 aromatic carbocycles. The summed E-state index contributed by atoms with van der Waals surface area (Å²) >= 11 is 0. The molecule has 1 atom stereocenters. The van der Waals surface area contributed by atoms with Crippen molar-refractivity contribution in [2.45, 2.75) is 38.1 Å². The van der Waals surface area contributed by atoms with Crippen molar-refractivity contribution < 1.29 is 8.42 Å². The maximum absolute atomic E-state index is 12.4. The Morgan fingerprint density at radius 2 is 2.00 bits per heavy atom. The quantitative estimate of drug-likeness (QED) is 0.899. The van der Waals surface area contributed by atoms with Crippen molar-refractivity contribution in [1.82, 2.24) is 4.31 Å². The first-order chi connectivity index (χ1) is 8.54. The second-order valence-corrected chi connectivity index (χ2v) is 6.75. The molecule has 1 aromatic rings. The molecule has 4 nitrogen and oxygen atoms in total. The Kier molecular flexibility index (Phi) is 4.04. The Balaban J connectivity index is 2.22. The highest BCUT2D eigenvalue weighted by Crippen LogP contribution is 2.23. The van der Waals surface area contributed by atoms with Gasteiger partial charge in [0.15, 0.2) is 0 Å². The number of hydrogen-bond donors (Lipinski definition) is 1. The van der Waals surface area contributed by atoms with Gasteiger partial charge in [-0.25, -0.2) is 8.42 Å². The van der Waals surface area contributed by atoms with Crippen molar-refractivity contribution in [3.05, 3.63) is 35.4 Å². The summed E-state index contributed by atoms with van der Waals surface area (Å²) in [6.45, 7) is 2.99. The van der Waals surface area contributed by atoms with Crippen LogP contribution in [0, 0.1) is 0 Å². The van der Waals surface area contributed by atoms with Crippen LogP contribution in [0.4, 0.5) is 0 Å². The topological polar surface area (TPSA) is 63.4 Å². The van der Waals surface area contributed by atoms with E-state index in [1.165, 1.54) is 0 Å². The molecule has 0 spiro atoms. The molecular formula is C13H20N2O2S. The summed E-state index contributed by atoms with van der Waals surface area (Å²) < 4.78 is 26.4. The highest BCUT2D eigenvalue weighted by molar-refractivity contribution is 7.88. The molecule has 1 aliphatic rings. The number of hydrogen-bond acceptors (Lipinski definition) is 3. The van der Waals surface area contributed by atoms with Gasteiger partial charge >= 0.3 is 0 Å². The van der Waals surface area contributed by atoms with Crippen LogP contribution in [0.5, 0.6) is 0 Å². The Morgan fingerprint density at radius 1 is 1.33 bits per heavy atom. The fourth-order valence-electron chi connectivity index (χ4n) is 2.50. The summed E-state index contributed by atoms with van der Waals surface area (Å²) in [6, 6.07) is 7.60. The monoisotopic (exact) mass is 268 g/mol. The summed E-state index contributed by atoms with van der Waals surface area (Å²) in [7, 11) is -3.22. The molecule has 2 N–H and O–H groups in total. The smallest absolute Gasteiger partial charge is 0.218 e. The van der Waals surface area contributed by atoms with E-state index in [2.05, 4.69) is 0 Å². The van der Waals surface area contributed by atoms with Gasteiger partial charge in [-0.1, -0.05) is 24.3 Å². The molecule has 1 fully saturated rings. The van der Waals surface area contributed by atoms with E-state index in [0.717, 1.165) is 24.0 Å². The van der Waals surface area contributed by atoms with Gasteiger partial charge in [0.2, 0.25) is 10.0 Å². The molecule has 0 aliphatic carbocycles. The van der Waals surface area contributed by atoms with Crippen molar-refractivity contribution in [2.75, 3.05) is 6.54 Å². The predicted octanol–water partition coefficient (Wildman–Crippen LogP) is 1.46. The van der Waals surface area contributed by atoms with E-state index in [0.29, 0.717) is 13.1 Å². The third-order valence-corrected chi connectivity index (χ3v) is 5.46. The van der Waals surface area contributed by atoms with Gasteiger partial charge in [-0.05, 0) is 30.9 Å². The maximum Gasteiger partial charge on any atom is 0.218 e. The molecular weight excluding hydrogens is 248 g/mol. The van der Waals surface area contributed by atoms with Crippen LogP contribution < -0.4 is 5.73 Å². The van der Waals surface area contributed by atoms with Crippen LogP contribution in [-0.2, 0) is 22.3 Å². The van der Waals surface area contributed by atoms with Crippen LogP contribution in [0.2, 0.25) is 0 Å². The molecule has 0 radical (unpaired) electrons. The number of benzene rings is 1. The number of rotatable bonds is 4. The standard InChI is InChI=1S/C13H20N2O2S/c1-11-5-4-8-15(11)18(16,17)10-13-7-3-2-6-12(13)9-14/h2-3,6-7,11H,4-5,8-10,14H2,1H3. The average Bonchev–Trinajstić information content (AvgIpc) is 2.76. The van der Waals surface area contributed by atoms with Gasteiger partial charge in [-0.15, -0.1) is 0 Å². The van der Waals surface area contributed by atoms with E-state index in [1.54, 1.807) is 4.31 Å². The number of nitrogens with two attached hydrogens (primary N) is 1. The molecule has 1 unspecified atom stereocenters. The van der Waals surface area contributed by atoms with Crippen LogP contribution in [0.3, 0.4) is 0 Å². The van der Waals surface area contributed by atoms with Crippen molar-refractivity contribution in [3.8, 4) is 0 Å². The van der Waals surface area contributed by atoms with Gasteiger partial charge in [0.05, 0.1) is 5.75 Å². The Hall–Kier alpha value is -0.910. The van der Waals surface area contributed by atoms with Crippen molar-refractivity contribution in [1.29, 1.82) is 0 Å². The lowest BCUT2D eigenvalue weighted by Crippen LogP contribution is -2.34. The summed E-state index contributed by atoms with van der Waals surface area (Å²) in [4.78, 5) is 0. The maximum atomic E-state index is 12.4. The van der Waals surface area contributed by atoms with Crippen molar-refractivity contribution in [2.24, 2.45) is 5.73 Å². The first-order valence-corrected chi connectivity index (χ1v) is 7.92. The fourth-order valence-corrected chi connectivity index (χ4v) is 4.40. The molecule has 100 valence electrons. The molecule has 0 aromatic heterocycles. The molecule has 0 saturated carbocycles. The summed E-state index contributed by atoms with van der Waals surface area (Å²) in [6.07, 6.45) is 1.91. The van der Waals surface area contributed by atoms with Crippen LogP contribution in [-0.4, -0.2) is 25.3 Å². The first-order valence-electron chi connectivity index (χ1n) is 6.31. The molecule has 5 heteroatoms. The van der Waals surface area contributed by atoms with Crippen molar-refractivity contribution in [3.63, 3.8) is 0 Å². The summed E-state index contributed by atoms with van der Waals surface area (Å²) in [5.74, 6) is 0.0602. The van der Waals surface area contributed by atoms with Crippen molar-refractivity contribution >= 4 is 10.0 Å².